The maximum atomic E-state index is 13.8. The van der Waals surface area contributed by atoms with Crippen molar-refractivity contribution in [2.75, 3.05) is 5.73 Å². The Morgan fingerprint density at radius 2 is 1.89 bits per heavy atom. The summed E-state index contributed by atoms with van der Waals surface area (Å²) in [5.41, 5.74) is 8.21. The normalized spacial score (nSPS) is 12.4. The second-order valence-electron chi connectivity index (χ2n) is 4.56. The Bertz CT molecular complexity index is 640. The van der Waals surface area contributed by atoms with E-state index in [0.717, 1.165) is 11.1 Å². The van der Waals surface area contributed by atoms with Crippen LogP contribution in [0.1, 0.15) is 16.7 Å². The fourth-order valence-corrected chi connectivity index (χ4v) is 2.99. The minimum absolute atomic E-state index is 0.0922. The molecule has 19 heavy (non-hydrogen) atoms. The number of benzene rings is 2. The molecule has 0 aromatic heterocycles. The topological polar surface area (TPSA) is 43.1 Å². The molecule has 0 saturated carbocycles. The third-order valence-electron chi connectivity index (χ3n) is 3.14. The summed E-state index contributed by atoms with van der Waals surface area (Å²) in [6, 6.07) is 10.4. The van der Waals surface area contributed by atoms with Gasteiger partial charge in [0.1, 0.15) is 5.82 Å². The van der Waals surface area contributed by atoms with E-state index < -0.39 is 16.6 Å². The van der Waals surface area contributed by atoms with E-state index in [4.69, 9.17) is 5.73 Å². The molecule has 0 heterocycles. The van der Waals surface area contributed by atoms with Gasteiger partial charge in [0, 0.05) is 10.5 Å². The molecule has 2 aromatic rings. The molecule has 0 spiro atoms. The molecule has 2 rings (SSSR count). The van der Waals surface area contributed by atoms with E-state index in [0.29, 0.717) is 10.5 Å². The number of aryl methyl sites for hydroxylation is 2. The first kappa shape index (κ1) is 13.7. The number of hydrogen-bond donors (Lipinski definition) is 1. The fourth-order valence-electron chi connectivity index (χ4n) is 1.79. The van der Waals surface area contributed by atoms with E-state index in [1.165, 1.54) is 6.07 Å². The van der Waals surface area contributed by atoms with E-state index in [1.54, 1.807) is 12.1 Å². The highest BCUT2D eigenvalue weighted by Crippen LogP contribution is 2.20. The number of halogens is 1. The maximum absolute atomic E-state index is 13.8. The summed E-state index contributed by atoms with van der Waals surface area (Å²) in [6.45, 7) is 3.97. The molecule has 0 aliphatic rings. The molecule has 2 aromatic carbocycles. The summed E-state index contributed by atoms with van der Waals surface area (Å²) in [6.07, 6.45) is 0. The van der Waals surface area contributed by atoms with E-state index in [2.05, 4.69) is 0 Å². The lowest BCUT2D eigenvalue weighted by Crippen LogP contribution is -2.02. The first-order chi connectivity index (χ1) is 8.99. The minimum Gasteiger partial charge on any atom is -0.396 e. The Hall–Kier alpha value is -1.68. The third-order valence-corrected chi connectivity index (χ3v) is 4.49. The van der Waals surface area contributed by atoms with Crippen LogP contribution >= 0.6 is 0 Å². The molecule has 2 N–H and O–H groups in total. The number of hydrogen-bond acceptors (Lipinski definition) is 2. The van der Waals surface area contributed by atoms with Crippen molar-refractivity contribution in [3.05, 3.63) is 58.9 Å². The maximum Gasteiger partial charge on any atom is 0.150 e. The van der Waals surface area contributed by atoms with Gasteiger partial charge in [-0.05, 0) is 43.2 Å². The third kappa shape index (κ3) is 3.01. The summed E-state index contributed by atoms with van der Waals surface area (Å²) >= 11 is 0. The van der Waals surface area contributed by atoms with Crippen LogP contribution in [0.2, 0.25) is 0 Å². The predicted octanol–water partition coefficient (Wildman–Crippen LogP) is 3.33. The van der Waals surface area contributed by atoms with Crippen LogP contribution in [0.3, 0.4) is 0 Å². The molecule has 100 valence electrons. The molecule has 0 fully saturated rings. The van der Waals surface area contributed by atoms with Crippen molar-refractivity contribution in [1.82, 2.24) is 0 Å². The van der Waals surface area contributed by atoms with E-state index >= 15 is 0 Å². The van der Waals surface area contributed by atoms with E-state index in [9.17, 15) is 8.60 Å². The summed E-state index contributed by atoms with van der Waals surface area (Å²) < 4.78 is 26.0. The van der Waals surface area contributed by atoms with E-state index in [1.807, 2.05) is 32.0 Å². The van der Waals surface area contributed by atoms with Crippen LogP contribution in [-0.2, 0) is 16.6 Å². The molecule has 0 radical (unpaired) electrons. The molecule has 0 aliphatic carbocycles. The van der Waals surface area contributed by atoms with Crippen molar-refractivity contribution in [1.29, 1.82) is 0 Å². The van der Waals surface area contributed by atoms with Gasteiger partial charge in [-0.15, -0.1) is 0 Å². The van der Waals surface area contributed by atoms with Gasteiger partial charge in [0.2, 0.25) is 0 Å². The van der Waals surface area contributed by atoms with Crippen molar-refractivity contribution < 1.29 is 8.60 Å². The van der Waals surface area contributed by atoms with Crippen LogP contribution in [0.5, 0.6) is 0 Å². The summed E-state index contributed by atoms with van der Waals surface area (Å²) in [5, 5.41) is 0. The van der Waals surface area contributed by atoms with Gasteiger partial charge in [-0.25, -0.2) is 4.39 Å². The standard InChI is InChI=1S/C15H16FNOS/c1-10-6-7-13(8-11(10)2)19(18)9-12-4-3-5-14(17)15(12)16/h3-8H,9,17H2,1-2H3. The van der Waals surface area contributed by atoms with Gasteiger partial charge in [0.05, 0.1) is 22.2 Å². The number of nitrogen functional groups attached to an aromatic ring is 1. The van der Waals surface area contributed by atoms with Gasteiger partial charge in [-0.3, -0.25) is 4.21 Å². The smallest absolute Gasteiger partial charge is 0.150 e. The van der Waals surface area contributed by atoms with Crippen molar-refractivity contribution in [2.24, 2.45) is 0 Å². The second-order valence-corrected chi connectivity index (χ2v) is 6.01. The molecule has 2 nitrogen and oxygen atoms in total. The average Bonchev–Trinajstić information content (AvgIpc) is 2.38. The highest BCUT2D eigenvalue weighted by Gasteiger charge is 2.11. The van der Waals surface area contributed by atoms with E-state index in [-0.39, 0.29) is 11.4 Å². The SMILES string of the molecule is Cc1ccc(S(=O)Cc2cccc(N)c2F)cc1C. The second kappa shape index (κ2) is 5.53. The first-order valence-corrected chi connectivity index (χ1v) is 7.29. The Morgan fingerprint density at radius 1 is 1.16 bits per heavy atom. The zero-order valence-corrected chi connectivity index (χ0v) is 11.8. The summed E-state index contributed by atoms with van der Waals surface area (Å²) in [5.74, 6) is -0.334. The fraction of sp³-hybridized carbons (Fsp3) is 0.200. The number of rotatable bonds is 3. The summed E-state index contributed by atoms with van der Waals surface area (Å²) in [4.78, 5) is 0.713. The molecular weight excluding hydrogens is 261 g/mol. The monoisotopic (exact) mass is 277 g/mol. The molecular formula is C15H16FNOS. The summed E-state index contributed by atoms with van der Waals surface area (Å²) in [7, 11) is -1.27. The van der Waals surface area contributed by atoms with Gasteiger partial charge in [-0.1, -0.05) is 18.2 Å². The lowest BCUT2D eigenvalue weighted by molar-refractivity contribution is 0.620. The highest BCUT2D eigenvalue weighted by atomic mass is 32.2. The van der Waals surface area contributed by atoms with Crippen LogP contribution in [-0.4, -0.2) is 4.21 Å². The molecule has 1 atom stereocenters. The van der Waals surface area contributed by atoms with Crippen LogP contribution in [0.15, 0.2) is 41.3 Å². The number of anilines is 1. The Balaban J connectivity index is 2.26. The Labute approximate surface area is 114 Å². The molecule has 0 aliphatic heterocycles. The molecule has 0 amide bonds. The van der Waals surface area contributed by atoms with Crippen molar-refractivity contribution >= 4 is 16.5 Å². The average molecular weight is 277 g/mol. The van der Waals surface area contributed by atoms with Crippen LogP contribution < -0.4 is 5.73 Å². The first-order valence-electron chi connectivity index (χ1n) is 5.97. The Morgan fingerprint density at radius 3 is 2.58 bits per heavy atom. The quantitative estimate of drug-likeness (QED) is 0.874. The zero-order valence-electron chi connectivity index (χ0n) is 10.9. The molecule has 4 heteroatoms. The molecule has 1 unspecified atom stereocenters. The van der Waals surface area contributed by atoms with Gasteiger partial charge >= 0.3 is 0 Å². The van der Waals surface area contributed by atoms with Crippen LogP contribution in [0.25, 0.3) is 0 Å². The van der Waals surface area contributed by atoms with Gasteiger partial charge < -0.3 is 5.73 Å². The predicted molar refractivity (Wildman–Crippen MR) is 76.8 cm³/mol. The van der Waals surface area contributed by atoms with Crippen LogP contribution in [0.4, 0.5) is 10.1 Å². The van der Waals surface area contributed by atoms with Crippen molar-refractivity contribution in [3.8, 4) is 0 Å². The molecule has 0 bridgehead atoms. The van der Waals surface area contributed by atoms with Crippen LogP contribution in [0, 0.1) is 19.7 Å². The highest BCUT2D eigenvalue weighted by molar-refractivity contribution is 7.84. The largest absolute Gasteiger partial charge is 0.396 e. The van der Waals surface area contributed by atoms with Crippen molar-refractivity contribution in [2.45, 2.75) is 24.5 Å². The Kier molecular flexibility index (Phi) is 4.00. The van der Waals surface area contributed by atoms with Gasteiger partial charge in [0.25, 0.3) is 0 Å². The van der Waals surface area contributed by atoms with Crippen molar-refractivity contribution in [3.63, 3.8) is 0 Å². The molecule has 0 saturated heterocycles. The van der Waals surface area contributed by atoms with Gasteiger partial charge in [-0.2, -0.15) is 0 Å². The lowest BCUT2D eigenvalue weighted by atomic mass is 10.1. The minimum atomic E-state index is -1.27. The van der Waals surface area contributed by atoms with Gasteiger partial charge in [0.15, 0.2) is 0 Å². The number of nitrogens with two attached hydrogens (primary N) is 1. The lowest BCUT2D eigenvalue weighted by Gasteiger charge is -2.07. The zero-order chi connectivity index (χ0) is 14.0.